The van der Waals surface area contributed by atoms with E-state index in [9.17, 15) is 9.59 Å². The number of pyridine rings is 1. The lowest BCUT2D eigenvalue weighted by Crippen LogP contribution is -2.39. The summed E-state index contributed by atoms with van der Waals surface area (Å²) in [4.78, 5) is 31.0. The van der Waals surface area contributed by atoms with Crippen molar-refractivity contribution in [1.29, 1.82) is 0 Å². The monoisotopic (exact) mass is 418 g/mol. The molecular formula is C23H26N6O2. The average Bonchev–Trinajstić information content (AvgIpc) is 3.35. The summed E-state index contributed by atoms with van der Waals surface area (Å²) < 4.78 is 1.75. The highest BCUT2D eigenvalue weighted by Crippen LogP contribution is 2.24. The second-order valence-corrected chi connectivity index (χ2v) is 7.89. The second-order valence-electron chi connectivity index (χ2n) is 7.89. The molecule has 2 aromatic heterocycles. The number of rotatable bonds is 6. The summed E-state index contributed by atoms with van der Waals surface area (Å²) in [7, 11) is 0. The number of carbonyl (C=O) groups is 2. The lowest BCUT2D eigenvalue weighted by atomic mass is 10.1. The van der Waals surface area contributed by atoms with Crippen LogP contribution in [0.5, 0.6) is 0 Å². The molecular weight excluding hydrogens is 392 g/mol. The summed E-state index contributed by atoms with van der Waals surface area (Å²) in [6.45, 7) is 5.26. The van der Waals surface area contributed by atoms with Gasteiger partial charge in [0.2, 0.25) is 5.91 Å². The van der Waals surface area contributed by atoms with Crippen molar-refractivity contribution in [3.8, 4) is 5.82 Å². The summed E-state index contributed by atoms with van der Waals surface area (Å²) in [5.74, 6) is 0.120. The molecule has 0 spiro atoms. The number of aromatic nitrogens is 3. The highest BCUT2D eigenvalue weighted by Gasteiger charge is 2.29. The van der Waals surface area contributed by atoms with Crippen molar-refractivity contribution in [2.45, 2.75) is 39.3 Å². The SMILES string of the molecule is Cc1cc(C)n(-c2ccc(C(=O)Nc3ccccc3CN3CCCC3C(N)=O)cn2)n1. The normalized spacial score (nSPS) is 16.4. The van der Waals surface area contributed by atoms with Gasteiger partial charge in [-0.25, -0.2) is 9.67 Å². The molecule has 3 heterocycles. The van der Waals surface area contributed by atoms with Crippen molar-refractivity contribution in [3.63, 3.8) is 0 Å². The number of primary amides is 1. The van der Waals surface area contributed by atoms with Crippen LogP contribution in [0.4, 0.5) is 5.69 Å². The minimum absolute atomic E-state index is 0.243. The second kappa shape index (κ2) is 8.69. The quantitative estimate of drug-likeness (QED) is 0.640. The van der Waals surface area contributed by atoms with E-state index in [0.29, 0.717) is 23.6 Å². The van der Waals surface area contributed by atoms with E-state index in [2.05, 4.69) is 20.3 Å². The molecule has 4 rings (SSSR count). The summed E-state index contributed by atoms with van der Waals surface area (Å²) in [5.41, 5.74) is 9.54. The Morgan fingerprint density at radius 3 is 2.68 bits per heavy atom. The molecule has 0 radical (unpaired) electrons. The number of carbonyl (C=O) groups excluding carboxylic acids is 2. The van der Waals surface area contributed by atoms with Crippen molar-refractivity contribution >= 4 is 17.5 Å². The molecule has 1 unspecified atom stereocenters. The third-order valence-electron chi connectivity index (χ3n) is 5.57. The van der Waals surface area contributed by atoms with Crippen molar-refractivity contribution in [1.82, 2.24) is 19.7 Å². The number of nitrogens with zero attached hydrogens (tertiary/aromatic N) is 4. The van der Waals surface area contributed by atoms with E-state index < -0.39 is 0 Å². The van der Waals surface area contributed by atoms with Gasteiger partial charge in [0.1, 0.15) is 0 Å². The lowest BCUT2D eigenvalue weighted by Gasteiger charge is -2.23. The van der Waals surface area contributed by atoms with E-state index in [1.54, 1.807) is 23.0 Å². The molecule has 1 atom stereocenters. The van der Waals surface area contributed by atoms with Gasteiger partial charge in [-0.15, -0.1) is 0 Å². The fourth-order valence-electron chi connectivity index (χ4n) is 4.04. The number of anilines is 1. The summed E-state index contributed by atoms with van der Waals surface area (Å²) >= 11 is 0. The van der Waals surface area contributed by atoms with E-state index in [1.807, 2.05) is 44.2 Å². The van der Waals surface area contributed by atoms with Gasteiger partial charge in [-0.1, -0.05) is 18.2 Å². The molecule has 160 valence electrons. The van der Waals surface area contributed by atoms with E-state index in [-0.39, 0.29) is 17.9 Å². The van der Waals surface area contributed by atoms with Crippen LogP contribution < -0.4 is 11.1 Å². The van der Waals surface area contributed by atoms with Gasteiger partial charge in [-0.2, -0.15) is 5.10 Å². The topological polar surface area (TPSA) is 106 Å². The van der Waals surface area contributed by atoms with Gasteiger partial charge in [0.05, 0.1) is 17.3 Å². The van der Waals surface area contributed by atoms with Crippen LogP contribution in [0.1, 0.15) is 40.2 Å². The zero-order valence-corrected chi connectivity index (χ0v) is 17.7. The molecule has 1 aliphatic heterocycles. The summed E-state index contributed by atoms with van der Waals surface area (Å²) in [5, 5.41) is 7.39. The number of amides is 2. The maximum Gasteiger partial charge on any atom is 0.257 e. The Balaban J connectivity index is 1.49. The Morgan fingerprint density at radius 1 is 1.19 bits per heavy atom. The van der Waals surface area contributed by atoms with Crippen LogP contribution in [0.2, 0.25) is 0 Å². The molecule has 0 aliphatic carbocycles. The van der Waals surface area contributed by atoms with Gasteiger partial charge in [0.15, 0.2) is 5.82 Å². The van der Waals surface area contributed by atoms with Crippen LogP contribution in [-0.4, -0.2) is 44.1 Å². The summed E-state index contributed by atoms with van der Waals surface area (Å²) in [6, 6.07) is 12.8. The molecule has 1 aliphatic rings. The largest absolute Gasteiger partial charge is 0.368 e. The fourth-order valence-corrected chi connectivity index (χ4v) is 4.04. The summed E-state index contributed by atoms with van der Waals surface area (Å²) in [6.07, 6.45) is 3.26. The maximum atomic E-state index is 12.8. The van der Waals surface area contributed by atoms with Crippen LogP contribution in [0, 0.1) is 13.8 Å². The van der Waals surface area contributed by atoms with Crippen LogP contribution in [0.25, 0.3) is 5.82 Å². The number of para-hydroxylation sites is 1. The number of aryl methyl sites for hydroxylation is 2. The number of likely N-dealkylation sites (tertiary alicyclic amines) is 1. The molecule has 3 N–H and O–H groups in total. The maximum absolute atomic E-state index is 12.8. The molecule has 1 fully saturated rings. The first kappa shape index (κ1) is 20.7. The zero-order valence-electron chi connectivity index (χ0n) is 17.7. The molecule has 0 bridgehead atoms. The molecule has 31 heavy (non-hydrogen) atoms. The zero-order chi connectivity index (χ0) is 22.0. The Labute approximate surface area is 181 Å². The number of hydrogen-bond donors (Lipinski definition) is 2. The Morgan fingerprint density at radius 2 is 2.00 bits per heavy atom. The molecule has 1 saturated heterocycles. The van der Waals surface area contributed by atoms with Gasteiger partial charge >= 0.3 is 0 Å². The number of nitrogens with one attached hydrogen (secondary N) is 1. The van der Waals surface area contributed by atoms with Crippen molar-refractivity contribution in [3.05, 3.63) is 71.2 Å². The van der Waals surface area contributed by atoms with Crippen LogP contribution in [-0.2, 0) is 11.3 Å². The van der Waals surface area contributed by atoms with E-state index in [1.165, 1.54) is 0 Å². The van der Waals surface area contributed by atoms with Crippen LogP contribution in [0.15, 0.2) is 48.7 Å². The number of nitrogens with two attached hydrogens (primary N) is 1. The molecule has 8 nitrogen and oxygen atoms in total. The molecule has 2 amide bonds. The lowest BCUT2D eigenvalue weighted by molar-refractivity contribution is -0.122. The van der Waals surface area contributed by atoms with Gasteiger partial charge in [0, 0.05) is 24.1 Å². The minimum atomic E-state index is -0.298. The highest BCUT2D eigenvalue weighted by molar-refractivity contribution is 6.04. The Bertz CT molecular complexity index is 1110. The van der Waals surface area contributed by atoms with Crippen molar-refractivity contribution in [2.24, 2.45) is 5.73 Å². The molecule has 1 aromatic carbocycles. The predicted molar refractivity (Wildman–Crippen MR) is 118 cm³/mol. The van der Waals surface area contributed by atoms with Gasteiger partial charge < -0.3 is 11.1 Å². The molecule has 8 heteroatoms. The average molecular weight is 419 g/mol. The fraction of sp³-hybridized carbons (Fsp3) is 0.304. The Hall–Kier alpha value is -3.52. The van der Waals surface area contributed by atoms with E-state index in [0.717, 1.165) is 36.3 Å². The van der Waals surface area contributed by atoms with Gasteiger partial charge in [0.25, 0.3) is 5.91 Å². The van der Waals surface area contributed by atoms with Crippen LogP contribution in [0.3, 0.4) is 0 Å². The number of hydrogen-bond acceptors (Lipinski definition) is 5. The van der Waals surface area contributed by atoms with Gasteiger partial charge in [-0.05, 0) is 63.1 Å². The molecule has 3 aromatic rings. The van der Waals surface area contributed by atoms with E-state index >= 15 is 0 Å². The number of benzene rings is 1. The third kappa shape index (κ3) is 4.49. The van der Waals surface area contributed by atoms with E-state index in [4.69, 9.17) is 5.73 Å². The molecule has 0 saturated carbocycles. The Kier molecular flexibility index (Phi) is 5.81. The first-order valence-electron chi connectivity index (χ1n) is 10.3. The highest BCUT2D eigenvalue weighted by atomic mass is 16.2. The standard InChI is InChI=1S/C23H26N6O2/c1-15-12-16(2)29(27-15)21-10-9-17(13-25-21)23(31)26-19-7-4-3-6-18(19)14-28-11-5-8-20(28)22(24)30/h3-4,6-7,9-10,12-13,20H,5,8,11,14H2,1-2H3,(H2,24,30)(H,26,31). The smallest absolute Gasteiger partial charge is 0.257 e. The van der Waals surface area contributed by atoms with Gasteiger partial charge in [-0.3, -0.25) is 14.5 Å². The van der Waals surface area contributed by atoms with Crippen LogP contribution >= 0.6 is 0 Å². The minimum Gasteiger partial charge on any atom is -0.368 e. The predicted octanol–water partition coefficient (Wildman–Crippen LogP) is 2.59. The van der Waals surface area contributed by atoms with Crippen molar-refractivity contribution < 1.29 is 9.59 Å². The third-order valence-corrected chi connectivity index (χ3v) is 5.57. The first-order valence-corrected chi connectivity index (χ1v) is 10.3. The van der Waals surface area contributed by atoms with Crippen molar-refractivity contribution in [2.75, 3.05) is 11.9 Å². The first-order chi connectivity index (χ1) is 14.9.